The van der Waals surface area contributed by atoms with Gasteiger partial charge in [0.05, 0.1) is 35.3 Å². The zero-order valence-electron chi connectivity index (χ0n) is 19.7. The first-order chi connectivity index (χ1) is 18.1. The van der Waals surface area contributed by atoms with Crippen LogP contribution in [0.3, 0.4) is 0 Å². The maximum atomic E-state index is 6.86. The summed E-state index contributed by atoms with van der Waals surface area (Å²) in [5, 5.41) is 15.6. The summed E-state index contributed by atoms with van der Waals surface area (Å²) in [7, 11) is 1.96. The normalized spacial score (nSPS) is 12.6. The largest absolute Gasteiger partial charge is 0.334 e. The molecule has 7 aromatic rings. The second-order valence-electron chi connectivity index (χ2n) is 9.01. The summed E-state index contributed by atoms with van der Waals surface area (Å²) < 4.78 is 4.97. The Kier molecular flexibility index (Phi) is 5.07. The molecule has 0 bridgehead atoms. The van der Waals surface area contributed by atoms with Gasteiger partial charge in [0, 0.05) is 32.6 Å². The fraction of sp³-hybridized carbons (Fsp3) is 0.0714. The molecule has 3 aromatic carbocycles. The van der Waals surface area contributed by atoms with Crippen molar-refractivity contribution in [1.82, 2.24) is 29.6 Å². The van der Waals surface area contributed by atoms with Crippen LogP contribution in [0.1, 0.15) is 16.5 Å². The molecule has 0 saturated heterocycles. The van der Waals surface area contributed by atoms with Crippen molar-refractivity contribution in [2.45, 2.75) is 6.04 Å². The zero-order chi connectivity index (χ0) is 25.1. The van der Waals surface area contributed by atoms with E-state index in [0.717, 1.165) is 43.7 Å². The number of pyridine rings is 1. The van der Waals surface area contributed by atoms with E-state index in [1.165, 1.54) is 10.1 Å². The number of tetrazole rings is 1. The van der Waals surface area contributed by atoms with Crippen LogP contribution < -0.4 is 5.73 Å². The minimum Gasteiger partial charge on any atom is -0.334 e. The molecule has 2 N–H and O–H groups in total. The predicted molar refractivity (Wildman–Crippen MR) is 149 cm³/mol. The van der Waals surface area contributed by atoms with Crippen LogP contribution in [0.15, 0.2) is 85.3 Å². The molecule has 7 nitrogen and oxygen atoms in total. The van der Waals surface area contributed by atoms with E-state index >= 15 is 0 Å². The van der Waals surface area contributed by atoms with Gasteiger partial charge >= 0.3 is 0 Å². The van der Waals surface area contributed by atoms with E-state index in [9.17, 15) is 0 Å². The van der Waals surface area contributed by atoms with Gasteiger partial charge in [-0.25, -0.2) is 4.98 Å². The lowest BCUT2D eigenvalue weighted by molar-refractivity contribution is 0.840. The first-order valence-corrected chi connectivity index (χ1v) is 12.9. The van der Waals surface area contributed by atoms with Gasteiger partial charge in [-0.2, -0.15) is 4.52 Å². The lowest BCUT2D eigenvalue weighted by Crippen LogP contribution is -2.10. The van der Waals surface area contributed by atoms with E-state index in [1.807, 2.05) is 42.1 Å². The van der Waals surface area contributed by atoms with Gasteiger partial charge in [-0.05, 0) is 63.3 Å². The standard InChI is InChI=1S/C28H20ClN7S/c1-35-15-31-14-22(35)26-25(17-6-4-7-19(29)11-17)20-12-18(9-10-21(20)36-28(26)32-33-34-36)27(30)24-13-16-5-2-3-8-23(16)37-24/h2-15,27H,30H2,1H3. The monoisotopic (exact) mass is 521 g/mol. The number of halogens is 1. The van der Waals surface area contributed by atoms with Gasteiger partial charge in [0.25, 0.3) is 0 Å². The third kappa shape index (κ3) is 3.53. The molecular formula is C28H20ClN7S. The van der Waals surface area contributed by atoms with Gasteiger partial charge in [0.1, 0.15) is 0 Å². The molecule has 0 fully saturated rings. The summed E-state index contributed by atoms with van der Waals surface area (Å²) in [5.41, 5.74) is 13.1. The SMILES string of the molecule is Cn1cncc1-c1c(-c2cccc(Cl)c2)c2cc(C(N)c3cc4ccccc4s3)ccc2n2nnnc12. The van der Waals surface area contributed by atoms with E-state index in [0.29, 0.717) is 10.7 Å². The van der Waals surface area contributed by atoms with E-state index < -0.39 is 0 Å². The number of hydrogen-bond acceptors (Lipinski definition) is 6. The summed E-state index contributed by atoms with van der Waals surface area (Å²) in [6.45, 7) is 0. The number of nitrogens with two attached hydrogens (primary N) is 1. The number of benzene rings is 3. The Balaban J connectivity index is 1.55. The van der Waals surface area contributed by atoms with Gasteiger partial charge in [0.2, 0.25) is 0 Å². The van der Waals surface area contributed by atoms with Crippen LogP contribution in [0.5, 0.6) is 0 Å². The van der Waals surface area contributed by atoms with Crippen molar-refractivity contribution in [2.75, 3.05) is 0 Å². The van der Waals surface area contributed by atoms with Gasteiger partial charge < -0.3 is 10.3 Å². The average molecular weight is 522 g/mol. The maximum Gasteiger partial charge on any atom is 0.189 e. The molecule has 0 spiro atoms. The molecule has 4 aromatic heterocycles. The van der Waals surface area contributed by atoms with E-state index in [4.69, 9.17) is 17.3 Å². The van der Waals surface area contributed by atoms with Crippen molar-refractivity contribution < 1.29 is 0 Å². The van der Waals surface area contributed by atoms with Gasteiger partial charge in [-0.1, -0.05) is 48.0 Å². The van der Waals surface area contributed by atoms with Crippen LogP contribution in [-0.2, 0) is 7.05 Å². The summed E-state index contributed by atoms with van der Waals surface area (Å²) in [5.74, 6) is 0. The van der Waals surface area contributed by atoms with Crippen molar-refractivity contribution in [3.63, 3.8) is 0 Å². The molecular weight excluding hydrogens is 502 g/mol. The molecule has 0 radical (unpaired) electrons. The molecule has 0 saturated carbocycles. The van der Waals surface area contributed by atoms with E-state index in [1.54, 1.807) is 22.2 Å². The van der Waals surface area contributed by atoms with Crippen molar-refractivity contribution in [3.05, 3.63) is 101 Å². The third-order valence-corrected chi connectivity index (χ3v) is 8.19. The maximum absolute atomic E-state index is 6.86. The number of thiophene rings is 1. The number of nitrogens with zero attached hydrogens (tertiary/aromatic N) is 6. The zero-order valence-corrected chi connectivity index (χ0v) is 21.3. The molecule has 0 aliphatic heterocycles. The van der Waals surface area contributed by atoms with Gasteiger partial charge in [-0.15, -0.1) is 16.4 Å². The minimum atomic E-state index is -0.279. The first-order valence-electron chi connectivity index (χ1n) is 11.7. The van der Waals surface area contributed by atoms with Crippen molar-refractivity contribution in [1.29, 1.82) is 0 Å². The topological polar surface area (TPSA) is 86.9 Å². The van der Waals surface area contributed by atoms with Gasteiger partial charge in [0.15, 0.2) is 5.65 Å². The first kappa shape index (κ1) is 22.1. The Labute approximate surface area is 220 Å². The lowest BCUT2D eigenvalue weighted by Gasteiger charge is -2.18. The molecule has 180 valence electrons. The molecule has 7 rings (SSSR count). The highest BCUT2D eigenvalue weighted by Gasteiger charge is 2.23. The number of rotatable bonds is 4. The number of hydrogen-bond donors (Lipinski definition) is 1. The van der Waals surface area contributed by atoms with Crippen LogP contribution in [0.25, 0.3) is 49.0 Å². The number of imidazole rings is 1. The van der Waals surface area contributed by atoms with E-state index in [-0.39, 0.29) is 6.04 Å². The average Bonchev–Trinajstić information content (AvgIpc) is 3.66. The van der Waals surface area contributed by atoms with Crippen molar-refractivity contribution >= 4 is 49.6 Å². The van der Waals surface area contributed by atoms with Crippen LogP contribution >= 0.6 is 22.9 Å². The molecule has 37 heavy (non-hydrogen) atoms. The molecule has 1 unspecified atom stereocenters. The Morgan fingerprint density at radius 1 is 0.973 bits per heavy atom. The van der Waals surface area contributed by atoms with Crippen LogP contribution in [0, 0.1) is 0 Å². The fourth-order valence-corrected chi connectivity index (χ4v) is 6.27. The van der Waals surface area contributed by atoms with Gasteiger partial charge in [-0.3, -0.25) is 0 Å². The summed E-state index contributed by atoms with van der Waals surface area (Å²) in [6, 6.07) is 24.4. The minimum absolute atomic E-state index is 0.279. The van der Waals surface area contributed by atoms with E-state index in [2.05, 4.69) is 69.0 Å². The molecule has 0 aliphatic carbocycles. The summed E-state index contributed by atoms with van der Waals surface area (Å²) in [4.78, 5) is 5.48. The summed E-state index contributed by atoms with van der Waals surface area (Å²) >= 11 is 8.19. The Bertz CT molecular complexity index is 1920. The third-order valence-electron chi connectivity index (χ3n) is 6.76. The fourth-order valence-electron chi connectivity index (χ4n) is 4.99. The molecule has 0 amide bonds. The molecule has 9 heteroatoms. The Hall–Kier alpha value is -4.11. The lowest BCUT2D eigenvalue weighted by atomic mass is 9.92. The highest BCUT2D eigenvalue weighted by atomic mass is 35.5. The Morgan fingerprint density at radius 2 is 1.86 bits per heavy atom. The van der Waals surface area contributed by atoms with Crippen molar-refractivity contribution in [2.24, 2.45) is 12.8 Å². The molecule has 1 atom stereocenters. The smallest absolute Gasteiger partial charge is 0.189 e. The highest BCUT2D eigenvalue weighted by Crippen LogP contribution is 2.42. The predicted octanol–water partition coefficient (Wildman–Crippen LogP) is 6.26. The molecule has 0 aliphatic rings. The second-order valence-corrected chi connectivity index (χ2v) is 10.6. The number of aromatic nitrogens is 6. The van der Waals surface area contributed by atoms with Crippen LogP contribution in [0.2, 0.25) is 5.02 Å². The van der Waals surface area contributed by atoms with Crippen molar-refractivity contribution in [3.8, 4) is 22.4 Å². The van der Waals surface area contributed by atoms with Crippen LogP contribution in [-0.4, -0.2) is 29.6 Å². The number of fused-ring (bicyclic) bond motifs is 4. The second kappa shape index (κ2) is 8.48. The quantitative estimate of drug-likeness (QED) is 0.295. The van der Waals surface area contributed by atoms with Crippen LogP contribution in [0.4, 0.5) is 0 Å². The summed E-state index contributed by atoms with van der Waals surface area (Å²) in [6.07, 6.45) is 3.60. The highest BCUT2D eigenvalue weighted by molar-refractivity contribution is 7.19. The molecule has 4 heterocycles. The Morgan fingerprint density at radius 3 is 2.68 bits per heavy atom. The number of aryl methyl sites for hydroxylation is 1.